The van der Waals surface area contributed by atoms with Crippen LogP contribution in [0.1, 0.15) is 24.8 Å². The van der Waals surface area contributed by atoms with Gasteiger partial charge in [0.1, 0.15) is 5.82 Å². The van der Waals surface area contributed by atoms with Crippen LogP contribution in [-0.2, 0) is 9.59 Å². The quantitative estimate of drug-likeness (QED) is 0.409. The Morgan fingerprint density at radius 2 is 2.12 bits per heavy atom. The number of carbonyl (C=O) groups excluding carboxylic acids is 2. The molecule has 0 spiro atoms. The van der Waals surface area contributed by atoms with Gasteiger partial charge < -0.3 is 10.2 Å². The Kier molecular flexibility index (Phi) is 6.64. The van der Waals surface area contributed by atoms with Crippen LogP contribution in [0.4, 0.5) is 5.82 Å². The first kappa shape index (κ1) is 19.5. The first-order valence-electron chi connectivity index (χ1n) is 7.90. The maximum absolute atomic E-state index is 12.1. The fourth-order valence-electron chi connectivity index (χ4n) is 2.72. The van der Waals surface area contributed by atoms with Crippen LogP contribution in [0.15, 0.2) is 18.3 Å². The van der Waals surface area contributed by atoms with Crippen LogP contribution in [0.2, 0.25) is 5.02 Å². The molecule has 3 N–H and O–H groups in total. The van der Waals surface area contributed by atoms with E-state index in [0.717, 1.165) is 25.8 Å². The summed E-state index contributed by atoms with van der Waals surface area (Å²) in [6, 6.07) is 1.82. The summed E-state index contributed by atoms with van der Waals surface area (Å²) < 4.78 is 0. The molecular weight excluding hydrogens is 367 g/mol. The van der Waals surface area contributed by atoms with Crippen molar-refractivity contribution in [2.75, 3.05) is 18.4 Å². The van der Waals surface area contributed by atoms with E-state index < -0.39 is 5.91 Å². The molecular formula is C16H20Cl2N4O3. The molecule has 1 saturated heterocycles. The van der Waals surface area contributed by atoms with Gasteiger partial charge in [-0.25, -0.2) is 10.5 Å². The van der Waals surface area contributed by atoms with Gasteiger partial charge in [0.05, 0.1) is 5.02 Å². The number of rotatable bonds is 5. The molecule has 2 amide bonds. The van der Waals surface area contributed by atoms with Crippen molar-refractivity contribution in [1.82, 2.24) is 15.4 Å². The van der Waals surface area contributed by atoms with Crippen LogP contribution in [0.25, 0.3) is 6.08 Å². The Labute approximate surface area is 156 Å². The molecule has 0 radical (unpaired) electrons. The Morgan fingerprint density at radius 1 is 1.36 bits per heavy atom. The SMILES string of the molecule is Cl.O=C(C=Cc1cnc(N[C@@H]2CCN(C(=O)C3CC3)C2)c(Cl)c1)NO. The lowest BCUT2D eigenvalue weighted by molar-refractivity contribution is -0.131. The lowest BCUT2D eigenvalue weighted by Gasteiger charge is -2.17. The van der Waals surface area contributed by atoms with Crippen molar-refractivity contribution in [3.8, 4) is 0 Å². The third-order valence-corrected chi connectivity index (χ3v) is 4.46. The Balaban J connectivity index is 0.00000225. The molecule has 25 heavy (non-hydrogen) atoms. The zero-order valence-electron chi connectivity index (χ0n) is 13.4. The van der Waals surface area contributed by atoms with E-state index in [9.17, 15) is 9.59 Å². The number of likely N-dealkylation sites (tertiary alicyclic amines) is 1. The molecule has 1 aliphatic heterocycles. The average Bonchev–Trinajstić information content (AvgIpc) is 3.33. The number of carbonyl (C=O) groups is 2. The van der Waals surface area contributed by atoms with Crippen molar-refractivity contribution in [2.24, 2.45) is 5.92 Å². The average molecular weight is 387 g/mol. The van der Waals surface area contributed by atoms with Gasteiger partial charge in [0, 0.05) is 37.3 Å². The molecule has 2 fully saturated rings. The second kappa shape index (κ2) is 8.51. The molecule has 0 aromatic carbocycles. The molecule has 2 heterocycles. The van der Waals surface area contributed by atoms with Crippen molar-refractivity contribution in [3.63, 3.8) is 0 Å². The van der Waals surface area contributed by atoms with Gasteiger partial charge in [-0.2, -0.15) is 0 Å². The first-order chi connectivity index (χ1) is 11.6. The van der Waals surface area contributed by atoms with E-state index in [-0.39, 0.29) is 30.3 Å². The standard InChI is InChI=1S/C16H19ClN4O3.ClH/c17-13-7-10(1-4-14(22)20-24)8-18-15(13)19-12-5-6-21(9-12)16(23)11-2-3-11;/h1,4,7-8,11-12,24H,2-3,5-6,9H2,(H,18,19)(H,20,22);1H/t12-;/m1./s1. The number of hydrogen-bond acceptors (Lipinski definition) is 5. The number of hydrogen-bond donors (Lipinski definition) is 3. The van der Waals surface area contributed by atoms with Crippen LogP contribution in [-0.4, -0.2) is 46.0 Å². The van der Waals surface area contributed by atoms with E-state index in [1.807, 2.05) is 4.90 Å². The maximum Gasteiger partial charge on any atom is 0.267 e. The van der Waals surface area contributed by atoms with E-state index in [2.05, 4.69) is 10.3 Å². The summed E-state index contributed by atoms with van der Waals surface area (Å²) >= 11 is 6.23. The molecule has 3 rings (SSSR count). The van der Waals surface area contributed by atoms with Gasteiger partial charge in [-0.3, -0.25) is 14.8 Å². The smallest absolute Gasteiger partial charge is 0.267 e. The van der Waals surface area contributed by atoms with Crippen molar-refractivity contribution in [2.45, 2.75) is 25.3 Å². The van der Waals surface area contributed by atoms with Crippen molar-refractivity contribution in [3.05, 3.63) is 28.9 Å². The summed E-state index contributed by atoms with van der Waals surface area (Å²) in [4.78, 5) is 29.2. The second-order valence-electron chi connectivity index (χ2n) is 6.10. The fourth-order valence-corrected chi connectivity index (χ4v) is 2.95. The van der Waals surface area contributed by atoms with Crippen molar-refractivity contribution in [1.29, 1.82) is 0 Å². The molecule has 1 aromatic rings. The lowest BCUT2D eigenvalue weighted by atomic mass is 10.2. The third kappa shape index (κ3) is 5.07. The van der Waals surface area contributed by atoms with Crippen LogP contribution in [0, 0.1) is 5.92 Å². The summed E-state index contributed by atoms with van der Waals surface area (Å²) in [6.07, 6.45) is 7.17. The predicted octanol–water partition coefficient (Wildman–Crippen LogP) is 2.10. The van der Waals surface area contributed by atoms with Crippen molar-refractivity contribution >= 4 is 47.7 Å². The molecule has 1 atom stereocenters. The molecule has 1 aliphatic carbocycles. The van der Waals surface area contributed by atoms with E-state index in [1.165, 1.54) is 17.6 Å². The molecule has 0 unspecified atom stereocenters. The van der Waals surface area contributed by atoms with Crippen LogP contribution >= 0.6 is 24.0 Å². The number of pyridine rings is 1. The largest absolute Gasteiger partial charge is 0.364 e. The second-order valence-corrected chi connectivity index (χ2v) is 6.50. The highest BCUT2D eigenvalue weighted by atomic mass is 35.5. The normalized spacial score (nSPS) is 19.6. The summed E-state index contributed by atoms with van der Waals surface area (Å²) in [5.41, 5.74) is 2.16. The number of anilines is 1. The van der Waals surface area contributed by atoms with Gasteiger partial charge in [-0.05, 0) is 37.0 Å². The Bertz CT molecular complexity index is 679. The summed E-state index contributed by atoms with van der Waals surface area (Å²) in [7, 11) is 0. The van der Waals surface area contributed by atoms with E-state index in [4.69, 9.17) is 16.8 Å². The van der Waals surface area contributed by atoms with Crippen LogP contribution < -0.4 is 10.8 Å². The molecule has 136 valence electrons. The minimum absolute atomic E-state index is 0. The van der Waals surface area contributed by atoms with Gasteiger partial charge in [0.15, 0.2) is 0 Å². The third-order valence-electron chi connectivity index (χ3n) is 4.17. The molecule has 7 nitrogen and oxygen atoms in total. The molecule has 2 aliphatic rings. The number of amides is 2. The van der Waals surface area contributed by atoms with E-state index in [1.54, 1.807) is 12.3 Å². The maximum atomic E-state index is 12.1. The first-order valence-corrected chi connectivity index (χ1v) is 8.27. The molecule has 0 bridgehead atoms. The van der Waals surface area contributed by atoms with Gasteiger partial charge in [-0.15, -0.1) is 12.4 Å². The summed E-state index contributed by atoms with van der Waals surface area (Å²) in [5.74, 6) is 0.444. The van der Waals surface area contributed by atoms with Gasteiger partial charge in [0.25, 0.3) is 5.91 Å². The zero-order valence-corrected chi connectivity index (χ0v) is 15.0. The molecule has 1 aromatic heterocycles. The summed E-state index contributed by atoms with van der Waals surface area (Å²) in [6.45, 7) is 1.44. The van der Waals surface area contributed by atoms with Gasteiger partial charge in [0.2, 0.25) is 5.91 Å². The number of hydroxylamine groups is 1. The predicted molar refractivity (Wildman–Crippen MR) is 96.8 cm³/mol. The highest BCUT2D eigenvalue weighted by Gasteiger charge is 2.36. The number of halogens is 2. The Hall–Kier alpha value is -1.83. The minimum atomic E-state index is -0.625. The van der Waals surface area contributed by atoms with E-state index >= 15 is 0 Å². The fraction of sp³-hybridized carbons (Fsp3) is 0.438. The van der Waals surface area contributed by atoms with Crippen LogP contribution in [0.3, 0.4) is 0 Å². The molecule has 1 saturated carbocycles. The Morgan fingerprint density at radius 3 is 2.76 bits per heavy atom. The monoisotopic (exact) mass is 386 g/mol. The lowest BCUT2D eigenvalue weighted by Crippen LogP contribution is -2.32. The summed E-state index contributed by atoms with van der Waals surface area (Å²) in [5, 5.41) is 12.2. The zero-order chi connectivity index (χ0) is 17.1. The number of nitrogens with zero attached hydrogens (tertiary/aromatic N) is 2. The number of aromatic nitrogens is 1. The van der Waals surface area contributed by atoms with Crippen LogP contribution in [0.5, 0.6) is 0 Å². The molecule has 9 heteroatoms. The minimum Gasteiger partial charge on any atom is -0.364 e. The highest BCUT2D eigenvalue weighted by Crippen LogP contribution is 2.32. The van der Waals surface area contributed by atoms with Gasteiger partial charge >= 0.3 is 0 Å². The highest BCUT2D eigenvalue weighted by molar-refractivity contribution is 6.33. The van der Waals surface area contributed by atoms with Gasteiger partial charge in [-0.1, -0.05) is 11.6 Å². The number of nitrogens with one attached hydrogen (secondary N) is 2. The van der Waals surface area contributed by atoms with Crippen molar-refractivity contribution < 1.29 is 14.8 Å². The topological polar surface area (TPSA) is 94.6 Å². The van der Waals surface area contributed by atoms with E-state index in [0.29, 0.717) is 22.9 Å².